The maximum atomic E-state index is 10.6. The summed E-state index contributed by atoms with van der Waals surface area (Å²) < 4.78 is 4.50. The largest absolute Gasteiger partial charge is 0.447 e. The predicted octanol–water partition coefficient (Wildman–Crippen LogP) is 0.281. The van der Waals surface area contributed by atoms with Gasteiger partial charge in [0.1, 0.15) is 6.61 Å². The highest BCUT2D eigenvalue weighted by molar-refractivity contribution is 5.67. The van der Waals surface area contributed by atoms with Crippen molar-refractivity contribution in [2.75, 3.05) is 19.8 Å². The minimum atomic E-state index is -0.526. The normalized spacial score (nSPS) is 8.91. The van der Waals surface area contributed by atoms with Crippen LogP contribution in [0.25, 0.3) is 0 Å². The molecule has 2 N–H and O–H groups in total. The Morgan fingerprint density at radius 1 is 1.73 bits per heavy atom. The number of hydrogen-bond donors (Lipinski definition) is 2. The summed E-state index contributed by atoms with van der Waals surface area (Å²) >= 11 is 0. The molecule has 0 aromatic carbocycles. The monoisotopic (exact) mass is 159 g/mol. The van der Waals surface area contributed by atoms with E-state index in [4.69, 9.17) is 5.11 Å². The molecule has 0 aliphatic carbocycles. The Morgan fingerprint density at radius 3 is 2.82 bits per heavy atom. The van der Waals surface area contributed by atoms with Gasteiger partial charge >= 0.3 is 6.09 Å². The number of hydrogen-bond acceptors (Lipinski definition) is 3. The number of aliphatic hydroxyl groups excluding tert-OH is 1. The van der Waals surface area contributed by atoms with Crippen LogP contribution in [0.3, 0.4) is 0 Å². The molecular weight excluding hydrogens is 146 g/mol. The SMILES string of the molecule is C=C(C)CNC(=O)OCCO. The van der Waals surface area contributed by atoms with Gasteiger partial charge in [0.25, 0.3) is 0 Å². The van der Waals surface area contributed by atoms with E-state index in [0.29, 0.717) is 6.54 Å². The van der Waals surface area contributed by atoms with Gasteiger partial charge in [-0.25, -0.2) is 4.79 Å². The molecular formula is C7H13NO3. The average Bonchev–Trinajstić information content (AvgIpc) is 1.97. The molecule has 0 aromatic rings. The van der Waals surface area contributed by atoms with Gasteiger partial charge in [-0.2, -0.15) is 0 Å². The molecule has 11 heavy (non-hydrogen) atoms. The molecule has 0 fully saturated rings. The van der Waals surface area contributed by atoms with E-state index in [0.717, 1.165) is 5.57 Å². The van der Waals surface area contributed by atoms with Crippen molar-refractivity contribution in [1.82, 2.24) is 5.32 Å². The lowest BCUT2D eigenvalue weighted by molar-refractivity contribution is 0.120. The lowest BCUT2D eigenvalue weighted by Crippen LogP contribution is -2.26. The standard InChI is InChI=1S/C7H13NO3/c1-6(2)5-8-7(10)11-4-3-9/h9H,1,3-5H2,2H3,(H,8,10). The molecule has 0 aromatic heterocycles. The number of amides is 1. The van der Waals surface area contributed by atoms with Gasteiger partial charge in [-0.15, -0.1) is 0 Å². The third-order valence-corrected chi connectivity index (χ3v) is 0.859. The summed E-state index contributed by atoms with van der Waals surface area (Å²) in [6, 6.07) is 0. The van der Waals surface area contributed by atoms with E-state index in [1.165, 1.54) is 0 Å². The molecule has 0 rings (SSSR count). The first kappa shape index (κ1) is 9.97. The number of ether oxygens (including phenoxy) is 1. The smallest absolute Gasteiger partial charge is 0.407 e. The van der Waals surface area contributed by atoms with E-state index in [9.17, 15) is 4.79 Å². The van der Waals surface area contributed by atoms with Crippen molar-refractivity contribution < 1.29 is 14.6 Å². The van der Waals surface area contributed by atoms with Crippen molar-refractivity contribution in [3.05, 3.63) is 12.2 Å². The molecule has 0 bridgehead atoms. The molecule has 4 heteroatoms. The van der Waals surface area contributed by atoms with E-state index < -0.39 is 6.09 Å². The number of rotatable bonds is 4. The molecule has 0 heterocycles. The van der Waals surface area contributed by atoms with Gasteiger partial charge in [0.2, 0.25) is 0 Å². The van der Waals surface area contributed by atoms with Gasteiger partial charge in [-0.05, 0) is 6.92 Å². The first-order valence-corrected chi connectivity index (χ1v) is 3.32. The highest BCUT2D eigenvalue weighted by Crippen LogP contribution is 1.83. The van der Waals surface area contributed by atoms with Crippen LogP contribution < -0.4 is 5.32 Å². The first-order valence-electron chi connectivity index (χ1n) is 3.32. The summed E-state index contributed by atoms with van der Waals surface area (Å²) in [6.07, 6.45) is -0.526. The van der Waals surface area contributed by atoms with Crippen molar-refractivity contribution in [1.29, 1.82) is 0 Å². The van der Waals surface area contributed by atoms with Crippen LogP contribution in [0, 0.1) is 0 Å². The summed E-state index contributed by atoms with van der Waals surface area (Å²) in [6.45, 7) is 5.67. The van der Waals surface area contributed by atoms with E-state index in [1.54, 1.807) is 6.92 Å². The van der Waals surface area contributed by atoms with E-state index in [2.05, 4.69) is 16.6 Å². The number of aliphatic hydroxyl groups is 1. The minimum absolute atomic E-state index is 0.0298. The fraction of sp³-hybridized carbons (Fsp3) is 0.571. The van der Waals surface area contributed by atoms with Crippen LogP contribution in [0.1, 0.15) is 6.92 Å². The number of nitrogens with one attached hydrogen (secondary N) is 1. The Morgan fingerprint density at radius 2 is 2.36 bits per heavy atom. The predicted molar refractivity (Wildman–Crippen MR) is 41.3 cm³/mol. The fourth-order valence-corrected chi connectivity index (χ4v) is 0.412. The van der Waals surface area contributed by atoms with Crippen LogP contribution in [0.15, 0.2) is 12.2 Å². The quantitative estimate of drug-likeness (QED) is 0.579. The average molecular weight is 159 g/mol. The minimum Gasteiger partial charge on any atom is -0.447 e. The zero-order valence-corrected chi connectivity index (χ0v) is 6.59. The van der Waals surface area contributed by atoms with Gasteiger partial charge in [-0.3, -0.25) is 0 Å². The summed E-state index contributed by atoms with van der Waals surface area (Å²) in [5.74, 6) is 0. The second kappa shape index (κ2) is 5.73. The molecule has 0 unspecified atom stereocenters. The summed E-state index contributed by atoms with van der Waals surface area (Å²) in [4.78, 5) is 10.6. The zero-order chi connectivity index (χ0) is 8.69. The first-order chi connectivity index (χ1) is 5.16. The Balaban J connectivity index is 3.30. The second-order valence-electron chi connectivity index (χ2n) is 2.17. The molecule has 64 valence electrons. The van der Waals surface area contributed by atoms with Crippen LogP contribution in [0.2, 0.25) is 0 Å². The third-order valence-electron chi connectivity index (χ3n) is 0.859. The fourth-order valence-electron chi connectivity index (χ4n) is 0.412. The molecule has 0 aliphatic rings. The number of alkyl carbamates (subject to hydrolysis) is 1. The number of carbonyl (C=O) groups excluding carboxylic acids is 1. The lowest BCUT2D eigenvalue weighted by atomic mass is 10.4. The van der Waals surface area contributed by atoms with Crippen molar-refractivity contribution in [2.24, 2.45) is 0 Å². The summed E-state index contributed by atoms with van der Waals surface area (Å²) in [5.41, 5.74) is 0.853. The van der Waals surface area contributed by atoms with E-state index >= 15 is 0 Å². The van der Waals surface area contributed by atoms with E-state index in [-0.39, 0.29) is 13.2 Å². The van der Waals surface area contributed by atoms with Crippen LogP contribution in [0.5, 0.6) is 0 Å². The van der Waals surface area contributed by atoms with Crippen LogP contribution >= 0.6 is 0 Å². The molecule has 0 atom stereocenters. The lowest BCUT2D eigenvalue weighted by Gasteiger charge is -2.04. The Kier molecular flexibility index (Phi) is 5.20. The van der Waals surface area contributed by atoms with Crippen molar-refractivity contribution in [3.63, 3.8) is 0 Å². The van der Waals surface area contributed by atoms with Crippen molar-refractivity contribution >= 4 is 6.09 Å². The van der Waals surface area contributed by atoms with Crippen LogP contribution in [-0.4, -0.2) is 31.0 Å². The van der Waals surface area contributed by atoms with Gasteiger partial charge < -0.3 is 15.2 Å². The van der Waals surface area contributed by atoms with Crippen molar-refractivity contribution in [3.8, 4) is 0 Å². The highest BCUT2D eigenvalue weighted by atomic mass is 16.6. The van der Waals surface area contributed by atoms with Gasteiger partial charge in [0.05, 0.1) is 6.61 Å². The number of carbonyl (C=O) groups is 1. The van der Waals surface area contributed by atoms with Crippen LogP contribution in [0.4, 0.5) is 4.79 Å². The third kappa shape index (κ3) is 6.86. The second-order valence-corrected chi connectivity index (χ2v) is 2.17. The topological polar surface area (TPSA) is 58.6 Å². The Labute approximate surface area is 65.9 Å². The maximum Gasteiger partial charge on any atom is 0.407 e. The molecule has 0 saturated heterocycles. The maximum absolute atomic E-state index is 10.6. The summed E-state index contributed by atoms with van der Waals surface area (Å²) in [7, 11) is 0. The molecule has 0 spiro atoms. The Hall–Kier alpha value is -1.03. The molecule has 1 amide bonds. The van der Waals surface area contributed by atoms with Gasteiger partial charge in [0, 0.05) is 6.54 Å². The highest BCUT2D eigenvalue weighted by Gasteiger charge is 1.98. The molecule has 4 nitrogen and oxygen atoms in total. The Bertz CT molecular complexity index is 145. The molecule has 0 aliphatic heterocycles. The van der Waals surface area contributed by atoms with E-state index in [1.807, 2.05) is 0 Å². The van der Waals surface area contributed by atoms with Crippen molar-refractivity contribution in [2.45, 2.75) is 6.92 Å². The molecule has 0 saturated carbocycles. The van der Waals surface area contributed by atoms with Gasteiger partial charge in [0.15, 0.2) is 0 Å². The van der Waals surface area contributed by atoms with Crippen LogP contribution in [-0.2, 0) is 4.74 Å². The summed E-state index contributed by atoms with van der Waals surface area (Å²) in [5, 5.41) is 10.7. The zero-order valence-electron chi connectivity index (χ0n) is 6.59. The molecule has 0 radical (unpaired) electrons. The van der Waals surface area contributed by atoms with Gasteiger partial charge in [-0.1, -0.05) is 12.2 Å².